The lowest BCUT2D eigenvalue weighted by atomic mass is 10.1. The van der Waals surface area contributed by atoms with E-state index in [1.807, 2.05) is 0 Å². The minimum Gasteiger partial charge on any atom is -0.377 e. The van der Waals surface area contributed by atoms with Crippen molar-refractivity contribution < 1.29 is 14.2 Å². The normalized spacial score (nSPS) is 34.7. The largest absolute Gasteiger partial charge is 0.377 e. The Balaban J connectivity index is 1.71. The number of hydrogen-bond donors (Lipinski definition) is 1. The second-order valence-corrected chi connectivity index (χ2v) is 7.36. The van der Waals surface area contributed by atoms with Crippen LogP contribution in [0.1, 0.15) is 33.6 Å². The standard InChI is InChI=1S/C16H32N2O3/c1-16(2,3)17-8-12-6-7-13(21-12)9-18-10-14(19-4)15(11-18)20-5/h12-15,17H,6-11H2,1-5H3. The molecule has 0 saturated carbocycles. The first-order valence-corrected chi connectivity index (χ1v) is 8.09. The summed E-state index contributed by atoms with van der Waals surface area (Å²) in [6.07, 6.45) is 3.40. The summed E-state index contributed by atoms with van der Waals surface area (Å²) in [6, 6.07) is 0. The van der Waals surface area contributed by atoms with Crippen LogP contribution in [0.3, 0.4) is 0 Å². The quantitative estimate of drug-likeness (QED) is 0.800. The summed E-state index contributed by atoms with van der Waals surface area (Å²) >= 11 is 0. The van der Waals surface area contributed by atoms with Gasteiger partial charge in [-0.1, -0.05) is 0 Å². The van der Waals surface area contributed by atoms with Crippen molar-refractivity contribution >= 4 is 0 Å². The van der Waals surface area contributed by atoms with E-state index in [1.54, 1.807) is 14.2 Å². The molecule has 0 aromatic heterocycles. The van der Waals surface area contributed by atoms with Gasteiger partial charge >= 0.3 is 0 Å². The molecule has 2 aliphatic rings. The number of nitrogens with zero attached hydrogens (tertiary/aromatic N) is 1. The number of rotatable bonds is 6. The molecule has 0 aromatic rings. The topological polar surface area (TPSA) is 43.0 Å². The molecule has 2 heterocycles. The molecule has 5 nitrogen and oxygen atoms in total. The van der Waals surface area contributed by atoms with E-state index in [0.717, 1.165) is 39.0 Å². The Kier molecular flexibility index (Phi) is 6.03. The summed E-state index contributed by atoms with van der Waals surface area (Å²) < 4.78 is 17.1. The van der Waals surface area contributed by atoms with Crippen LogP contribution in [0.4, 0.5) is 0 Å². The van der Waals surface area contributed by atoms with Gasteiger partial charge in [-0.2, -0.15) is 0 Å². The van der Waals surface area contributed by atoms with E-state index in [-0.39, 0.29) is 17.7 Å². The van der Waals surface area contributed by atoms with Crippen LogP contribution in [0.2, 0.25) is 0 Å². The summed E-state index contributed by atoms with van der Waals surface area (Å²) in [5.74, 6) is 0. The lowest BCUT2D eigenvalue weighted by molar-refractivity contribution is -0.00461. The van der Waals surface area contributed by atoms with Crippen molar-refractivity contribution in [2.75, 3.05) is 40.4 Å². The third kappa shape index (κ3) is 5.18. The molecule has 2 aliphatic heterocycles. The highest BCUT2D eigenvalue weighted by atomic mass is 16.5. The number of likely N-dealkylation sites (tertiary alicyclic amines) is 1. The molecule has 0 amide bonds. The molecule has 2 fully saturated rings. The Morgan fingerprint density at radius 3 is 2.14 bits per heavy atom. The van der Waals surface area contributed by atoms with Crippen molar-refractivity contribution in [2.24, 2.45) is 0 Å². The highest BCUT2D eigenvalue weighted by Crippen LogP contribution is 2.23. The summed E-state index contributed by atoms with van der Waals surface area (Å²) in [6.45, 7) is 10.4. The van der Waals surface area contributed by atoms with Gasteiger partial charge in [0, 0.05) is 45.9 Å². The van der Waals surface area contributed by atoms with Crippen LogP contribution in [-0.2, 0) is 14.2 Å². The maximum Gasteiger partial charge on any atom is 0.0971 e. The minimum absolute atomic E-state index is 0.160. The van der Waals surface area contributed by atoms with E-state index >= 15 is 0 Å². The summed E-state index contributed by atoms with van der Waals surface area (Å²) in [4.78, 5) is 2.41. The maximum atomic E-state index is 6.17. The molecule has 124 valence electrons. The van der Waals surface area contributed by atoms with Crippen molar-refractivity contribution in [2.45, 2.75) is 63.6 Å². The van der Waals surface area contributed by atoms with E-state index in [2.05, 4.69) is 31.0 Å². The molecule has 2 rings (SSSR count). The lowest BCUT2D eigenvalue weighted by Gasteiger charge is -2.24. The van der Waals surface area contributed by atoms with Gasteiger partial charge in [-0.3, -0.25) is 4.90 Å². The maximum absolute atomic E-state index is 6.17. The van der Waals surface area contributed by atoms with Gasteiger partial charge in [0.25, 0.3) is 0 Å². The van der Waals surface area contributed by atoms with Crippen LogP contribution < -0.4 is 5.32 Å². The van der Waals surface area contributed by atoms with Crippen molar-refractivity contribution in [3.8, 4) is 0 Å². The third-order valence-electron chi connectivity index (χ3n) is 4.41. The third-order valence-corrected chi connectivity index (χ3v) is 4.41. The summed E-state index contributed by atoms with van der Waals surface area (Å²) in [5.41, 5.74) is 0.160. The van der Waals surface area contributed by atoms with Gasteiger partial charge in [0.05, 0.1) is 24.4 Å². The van der Waals surface area contributed by atoms with E-state index in [1.165, 1.54) is 0 Å². The van der Waals surface area contributed by atoms with E-state index in [4.69, 9.17) is 14.2 Å². The van der Waals surface area contributed by atoms with E-state index in [9.17, 15) is 0 Å². The minimum atomic E-state index is 0.160. The predicted molar refractivity (Wildman–Crippen MR) is 83.7 cm³/mol. The molecule has 0 spiro atoms. The molecule has 1 N–H and O–H groups in total. The Morgan fingerprint density at radius 1 is 1.05 bits per heavy atom. The Bertz CT molecular complexity index is 307. The van der Waals surface area contributed by atoms with Crippen LogP contribution in [0, 0.1) is 0 Å². The highest BCUT2D eigenvalue weighted by molar-refractivity contribution is 4.88. The first-order chi connectivity index (χ1) is 9.91. The van der Waals surface area contributed by atoms with Gasteiger partial charge in [-0.15, -0.1) is 0 Å². The first-order valence-electron chi connectivity index (χ1n) is 8.09. The smallest absolute Gasteiger partial charge is 0.0971 e. The van der Waals surface area contributed by atoms with Gasteiger partial charge in [0.1, 0.15) is 0 Å². The number of methoxy groups -OCH3 is 2. The van der Waals surface area contributed by atoms with Gasteiger partial charge < -0.3 is 19.5 Å². The second kappa shape index (κ2) is 7.38. The van der Waals surface area contributed by atoms with Crippen molar-refractivity contribution in [3.63, 3.8) is 0 Å². The van der Waals surface area contributed by atoms with Gasteiger partial charge in [0.15, 0.2) is 0 Å². The second-order valence-electron chi connectivity index (χ2n) is 7.36. The monoisotopic (exact) mass is 300 g/mol. The van der Waals surface area contributed by atoms with Crippen molar-refractivity contribution in [3.05, 3.63) is 0 Å². The van der Waals surface area contributed by atoms with Gasteiger partial charge in [-0.05, 0) is 33.6 Å². The summed E-state index contributed by atoms with van der Waals surface area (Å²) in [7, 11) is 3.53. The molecule has 0 bridgehead atoms. The fraction of sp³-hybridized carbons (Fsp3) is 1.00. The fourth-order valence-electron chi connectivity index (χ4n) is 3.19. The molecule has 0 aliphatic carbocycles. The molecule has 0 aromatic carbocycles. The molecule has 0 radical (unpaired) electrons. The number of ether oxygens (including phenoxy) is 3. The van der Waals surface area contributed by atoms with Gasteiger partial charge in [-0.25, -0.2) is 0 Å². The Hall–Kier alpha value is -0.200. The molecular formula is C16H32N2O3. The Labute approximate surface area is 129 Å². The molecule has 5 heteroatoms. The zero-order chi connectivity index (χ0) is 15.5. The zero-order valence-corrected chi connectivity index (χ0v) is 14.2. The van der Waals surface area contributed by atoms with Crippen LogP contribution >= 0.6 is 0 Å². The van der Waals surface area contributed by atoms with Crippen LogP contribution in [-0.4, -0.2) is 75.3 Å². The SMILES string of the molecule is COC1CN(CC2CCC(CNC(C)(C)C)O2)CC1OC. The molecule has 4 unspecified atom stereocenters. The van der Waals surface area contributed by atoms with Crippen LogP contribution in [0.5, 0.6) is 0 Å². The van der Waals surface area contributed by atoms with E-state index < -0.39 is 0 Å². The molecule has 21 heavy (non-hydrogen) atoms. The first kappa shape index (κ1) is 17.2. The fourth-order valence-corrected chi connectivity index (χ4v) is 3.19. The molecule has 4 atom stereocenters. The zero-order valence-electron chi connectivity index (χ0n) is 14.2. The number of hydrogen-bond acceptors (Lipinski definition) is 5. The average Bonchev–Trinajstić information content (AvgIpc) is 3.02. The molecule has 2 saturated heterocycles. The van der Waals surface area contributed by atoms with Crippen LogP contribution in [0.15, 0.2) is 0 Å². The Morgan fingerprint density at radius 2 is 1.62 bits per heavy atom. The highest BCUT2D eigenvalue weighted by Gasteiger charge is 2.35. The van der Waals surface area contributed by atoms with Crippen molar-refractivity contribution in [1.29, 1.82) is 0 Å². The lowest BCUT2D eigenvalue weighted by Crippen LogP contribution is -2.41. The number of nitrogens with one attached hydrogen (secondary N) is 1. The average molecular weight is 300 g/mol. The van der Waals surface area contributed by atoms with Gasteiger partial charge in [0.2, 0.25) is 0 Å². The molecular weight excluding hydrogens is 268 g/mol. The summed E-state index contributed by atoms with van der Waals surface area (Å²) in [5, 5.41) is 3.53. The van der Waals surface area contributed by atoms with Crippen LogP contribution in [0.25, 0.3) is 0 Å². The predicted octanol–water partition coefficient (Wildman–Crippen LogP) is 1.27. The van der Waals surface area contributed by atoms with Crippen molar-refractivity contribution in [1.82, 2.24) is 10.2 Å². The van der Waals surface area contributed by atoms with E-state index in [0.29, 0.717) is 12.2 Å².